The van der Waals surface area contributed by atoms with E-state index in [1.54, 1.807) is 0 Å². The second-order valence-corrected chi connectivity index (χ2v) is 7.12. The number of ether oxygens (including phenoxy) is 1. The van der Waals surface area contributed by atoms with Crippen LogP contribution in [0, 0.1) is 11.8 Å². The molecule has 7 heteroatoms. The van der Waals surface area contributed by atoms with Crippen LogP contribution in [0.5, 0.6) is 0 Å². The number of hydrogen-bond donors (Lipinski definition) is 0. The first kappa shape index (κ1) is 17.0. The summed E-state index contributed by atoms with van der Waals surface area (Å²) in [6.07, 6.45) is 0.0525. The molecule has 1 unspecified atom stereocenters. The van der Waals surface area contributed by atoms with E-state index in [1.807, 2.05) is 4.90 Å². The maximum Gasteiger partial charge on any atom is 0.401 e. The quantitative estimate of drug-likeness (QED) is 0.773. The summed E-state index contributed by atoms with van der Waals surface area (Å²) in [5, 5.41) is 0. The van der Waals surface area contributed by atoms with Crippen molar-refractivity contribution in [2.45, 2.75) is 44.3 Å². The van der Waals surface area contributed by atoms with Gasteiger partial charge >= 0.3 is 6.18 Å². The summed E-state index contributed by atoms with van der Waals surface area (Å²) in [5.74, 6) is 0.471. The molecule has 2 aliphatic heterocycles. The van der Waals surface area contributed by atoms with Crippen LogP contribution in [-0.2, 0) is 9.53 Å². The molecule has 23 heavy (non-hydrogen) atoms. The van der Waals surface area contributed by atoms with E-state index in [0.717, 1.165) is 39.0 Å². The van der Waals surface area contributed by atoms with Crippen molar-refractivity contribution >= 4 is 5.91 Å². The fourth-order valence-corrected chi connectivity index (χ4v) is 3.64. The first-order chi connectivity index (χ1) is 10.9. The molecular weight excluding hydrogens is 309 g/mol. The van der Waals surface area contributed by atoms with Gasteiger partial charge in [0.15, 0.2) is 0 Å². The van der Waals surface area contributed by atoms with Gasteiger partial charge in [0.1, 0.15) is 0 Å². The zero-order chi connectivity index (χ0) is 16.4. The third-order valence-corrected chi connectivity index (χ3v) is 5.09. The third kappa shape index (κ3) is 4.83. The number of carbonyl (C=O) groups excluding carboxylic acids is 1. The molecule has 0 N–H and O–H groups in total. The van der Waals surface area contributed by atoms with Gasteiger partial charge in [0.05, 0.1) is 13.2 Å². The lowest BCUT2D eigenvalue weighted by Gasteiger charge is -2.35. The molecule has 4 nitrogen and oxygen atoms in total. The van der Waals surface area contributed by atoms with Gasteiger partial charge in [0.2, 0.25) is 5.91 Å². The summed E-state index contributed by atoms with van der Waals surface area (Å²) in [6, 6.07) is 0.358. The Kier molecular flexibility index (Phi) is 5.16. The molecule has 0 radical (unpaired) electrons. The molecule has 2 heterocycles. The average Bonchev–Trinajstić information content (AvgIpc) is 3.20. The zero-order valence-corrected chi connectivity index (χ0v) is 13.4. The maximum absolute atomic E-state index is 12.8. The second-order valence-electron chi connectivity index (χ2n) is 7.12. The van der Waals surface area contributed by atoms with E-state index >= 15 is 0 Å². The highest BCUT2D eigenvalue weighted by atomic mass is 19.4. The normalized spacial score (nSPS) is 27.3. The van der Waals surface area contributed by atoms with Crippen LogP contribution in [0.1, 0.15) is 32.1 Å². The molecule has 0 spiro atoms. The van der Waals surface area contributed by atoms with Crippen LogP contribution in [0.25, 0.3) is 0 Å². The highest BCUT2D eigenvalue weighted by Gasteiger charge is 2.39. The number of halogens is 3. The van der Waals surface area contributed by atoms with Crippen molar-refractivity contribution in [3.05, 3.63) is 0 Å². The molecule has 3 rings (SSSR count). The molecule has 0 aromatic rings. The van der Waals surface area contributed by atoms with Gasteiger partial charge in [-0.1, -0.05) is 0 Å². The van der Waals surface area contributed by atoms with Gasteiger partial charge < -0.3 is 9.64 Å². The van der Waals surface area contributed by atoms with E-state index < -0.39 is 12.7 Å². The first-order valence-electron chi connectivity index (χ1n) is 8.60. The molecule has 2 saturated heterocycles. The topological polar surface area (TPSA) is 32.8 Å². The van der Waals surface area contributed by atoms with Crippen molar-refractivity contribution in [2.75, 3.05) is 39.4 Å². The van der Waals surface area contributed by atoms with Gasteiger partial charge in [0.25, 0.3) is 0 Å². The monoisotopic (exact) mass is 334 g/mol. The Balaban J connectivity index is 1.50. The Hall–Kier alpha value is -0.820. The maximum atomic E-state index is 12.8. The summed E-state index contributed by atoms with van der Waals surface area (Å²) < 4.78 is 42.7. The molecule has 1 amide bonds. The number of rotatable bonds is 5. The Morgan fingerprint density at radius 1 is 1.13 bits per heavy atom. The Bertz CT molecular complexity index is 412. The van der Waals surface area contributed by atoms with Crippen LogP contribution in [0.4, 0.5) is 13.2 Å². The average molecular weight is 334 g/mol. The highest BCUT2D eigenvalue weighted by Crippen LogP contribution is 2.32. The summed E-state index contributed by atoms with van der Waals surface area (Å²) in [5.41, 5.74) is 0. The van der Waals surface area contributed by atoms with Crippen molar-refractivity contribution in [3.8, 4) is 0 Å². The summed E-state index contributed by atoms with van der Waals surface area (Å²) >= 11 is 0. The lowest BCUT2D eigenvalue weighted by molar-refractivity contribution is -0.151. The van der Waals surface area contributed by atoms with Gasteiger partial charge in [-0.15, -0.1) is 0 Å². The van der Waals surface area contributed by atoms with Crippen molar-refractivity contribution in [3.63, 3.8) is 0 Å². The van der Waals surface area contributed by atoms with Crippen LogP contribution >= 0.6 is 0 Å². The summed E-state index contributed by atoms with van der Waals surface area (Å²) in [4.78, 5) is 16.2. The molecule has 132 valence electrons. The lowest BCUT2D eigenvalue weighted by Crippen LogP contribution is -2.46. The molecule has 0 aromatic heterocycles. The van der Waals surface area contributed by atoms with Crippen molar-refractivity contribution in [1.82, 2.24) is 9.80 Å². The van der Waals surface area contributed by atoms with Crippen LogP contribution in [0.3, 0.4) is 0 Å². The summed E-state index contributed by atoms with van der Waals surface area (Å²) in [6.45, 7) is 2.11. The first-order valence-corrected chi connectivity index (χ1v) is 8.60. The number of alkyl halides is 3. The van der Waals surface area contributed by atoms with Gasteiger partial charge in [-0.2, -0.15) is 13.2 Å². The number of carbonyl (C=O) groups is 1. The molecule has 0 aromatic carbocycles. The number of piperidine rings is 1. The van der Waals surface area contributed by atoms with Crippen molar-refractivity contribution in [1.29, 1.82) is 0 Å². The highest BCUT2D eigenvalue weighted by molar-refractivity contribution is 5.79. The zero-order valence-electron chi connectivity index (χ0n) is 13.4. The van der Waals surface area contributed by atoms with Gasteiger partial charge in [0, 0.05) is 31.0 Å². The Morgan fingerprint density at radius 3 is 2.35 bits per heavy atom. The van der Waals surface area contributed by atoms with E-state index in [2.05, 4.69) is 0 Å². The molecule has 1 aliphatic carbocycles. The smallest absolute Gasteiger partial charge is 0.381 e. The van der Waals surface area contributed by atoms with Crippen molar-refractivity contribution in [2.24, 2.45) is 11.8 Å². The number of amides is 1. The minimum Gasteiger partial charge on any atom is -0.381 e. The minimum atomic E-state index is -4.15. The van der Waals surface area contributed by atoms with Crippen LogP contribution in [0.15, 0.2) is 0 Å². The number of likely N-dealkylation sites (tertiary alicyclic amines) is 1. The van der Waals surface area contributed by atoms with Crippen LogP contribution in [-0.4, -0.2) is 67.3 Å². The van der Waals surface area contributed by atoms with Gasteiger partial charge in [-0.25, -0.2) is 0 Å². The molecule has 1 saturated carbocycles. The fourth-order valence-electron chi connectivity index (χ4n) is 3.64. The van der Waals surface area contributed by atoms with Gasteiger partial charge in [-0.3, -0.25) is 9.69 Å². The van der Waals surface area contributed by atoms with Gasteiger partial charge in [-0.05, 0) is 45.2 Å². The minimum absolute atomic E-state index is 0.109. The van der Waals surface area contributed by atoms with E-state index in [-0.39, 0.29) is 11.8 Å². The summed E-state index contributed by atoms with van der Waals surface area (Å²) in [7, 11) is 0. The molecule has 3 fully saturated rings. The fraction of sp³-hybridized carbons (Fsp3) is 0.938. The largest absolute Gasteiger partial charge is 0.401 e. The molecular formula is C16H25F3N2O2. The SMILES string of the molecule is O=C(C1CCN(CC(F)(F)F)CC1)N(CC1CCOC1)C1CC1. The third-order valence-electron chi connectivity index (χ3n) is 5.09. The lowest BCUT2D eigenvalue weighted by atomic mass is 9.94. The molecule has 0 bridgehead atoms. The standard InChI is InChI=1S/C16H25F3N2O2/c17-16(18,19)11-20-6-3-13(4-7-20)15(22)21(14-1-2-14)9-12-5-8-23-10-12/h12-14H,1-11H2. The predicted molar refractivity (Wildman–Crippen MR) is 78.9 cm³/mol. The Morgan fingerprint density at radius 2 is 1.83 bits per heavy atom. The van der Waals surface area contributed by atoms with E-state index in [4.69, 9.17) is 4.74 Å². The number of hydrogen-bond acceptors (Lipinski definition) is 3. The predicted octanol–water partition coefficient (Wildman–Crippen LogP) is 2.29. The molecule has 1 atom stereocenters. The Labute approximate surface area is 134 Å². The van der Waals surface area contributed by atoms with E-state index in [9.17, 15) is 18.0 Å². The van der Waals surface area contributed by atoms with E-state index in [1.165, 1.54) is 4.90 Å². The van der Waals surface area contributed by atoms with Crippen LogP contribution in [0.2, 0.25) is 0 Å². The number of nitrogens with zero attached hydrogens (tertiary/aromatic N) is 2. The molecule has 3 aliphatic rings. The van der Waals surface area contributed by atoms with Crippen LogP contribution < -0.4 is 0 Å². The second kappa shape index (κ2) is 6.97. The van der Waals surface area contributed by atoms with E-state index in [0.29, 0.717) is 37.9 Å². The van der Waals surface area contributed by atoms with Crippen molar-refractivity contribution < 1.29 is 22.7 Å².